The molecule has 194 valence electrons. The second-order valence-electron chi connectivity index (χ2n) is 8.51. The van der Waals surface area contributed by atoms with Crippen molar-refractivity contribution < 1.29 is 18.9 Å². The standard InChI is InChI=1S/C26H31N7O4/c1-34-23-17-21(7-8-22(23)37-19-20-5-3-2-4-6-20)18-27-31-24-28-25(32-9-13-35-14-10-32)30-26(29-24)33-11-15-36-16-12-33/h2-8,17-18H,9-16,19H2,1H3,(H,28,29,30,31)/b27-18-. The number of nitrogens with one attached hydrogen (secondary N) is 1. The van der Waals surface area contributed by atoms with Crippen molar-refractivity contribution in [2.24, 2.45) is 5.10 Å². The minimum absolute atomic E-state index is 0.379. The minimum Gasteiger partial charge on any atom is -0.493 e. The molecular formula is C26H31N7O4. The Morgan fingerprint density at radius 1 is 0.865 bits per heavy atom. The van der Waals surface area contributed by atoms with Crippen LogP contribution >= 0.6 is 0 Å². The Morgan fingerprint density at radius 3 is 2.14 bits per heavy atom. The number of benzene rings is 2. The molecule has 3 aromatic rings. The molecule has 0 radical (unpaired) electrons. The van der Waals surface area contributed by atoms with Crippen LogP contribution in [-0.2, 0) is 16.1 Å². The first-order chi connectivity index (χ1) is 18.3. The van der Waals surface area contributed by atoms with E-state index in [9.17, 15) is 0 Å². The van der Waals surface area contributed by atoms with Gasteiger partial charge in [-0.2, -0.15) is 20.1 Å². The Kier molecular flexibility index (Phi) is 8.24. The minimum atomic E-state index is 0.379. The van der Waals surface area contributed by atoms with Crippen LogP contribution in [0.5, 0.6) is 11.5 Å². The van der Waals surface area contributed by atoms with Crippen molar-refractivity contribution in [3.8, 4) is 11.5 Å². The fourth-order valence-corrected chi connectivity index (χ4v) is 4.00. The number of rotatable bonds is 9. The van der Waals surface area contributed by atoms with Gasteiger partial charge >= 0.3 is 0 Å². The highest BCUT2D eigenvalue weighted by molar-refractivity contribution is 5.81. The van der Waals surface area contributed by atoms with Crippen LogP contribution in [0.3, 0.4) is 0 Å². The molecule has 0 bridgehead atoms. The van der Waals surface area contributed by atoms with Crippen LogP contribution in [0.15, 0.2) is 53.6 Å². The van der Waals surface area contributed by atoms with E-state index in [0.717, 1.165) is 37.3 Å². The zero-order valence-corrected chi connectivity index (χ0v) is 20.9. The zero-order valence-electron chi connectivity index (χ0n) is 20.9. The SMILES string of the molecule is COc1cc(/C=N\Nc2nc(N3CCOCC3)nc(N3CCOCC3)n2)ccc1OCc1ccccc1. The summed E-state index contributed by atoms with van der Waals surface area (Å²) in [5, 5.41) is 4.37. The van der Waals surface area contributed by atoms with Gasteiger partial charge in [-0.05, 0) is 29.3 Å². The van der Waals surface area contributed by atoms with Gasteiger partial charge in [-0.15, -0.1) is 0 Å². The molecule has 2 aromatic carbocycles. The van der Waals surface area contributed by atoms with Gasteiger partial charge in [0.05, 0.1) is 39.8 Å². The molecule has 1 N–H and O–H groups in total. The summed E-state index contributed by atoms with van der Waals surface area (Å²) in [5.41, 5.74) is 4.90. The molecule has 2 fully saturated rings. The fourth-order valence-electron chi connectivity index (χ4n) is 4.00. The zero-order chi connectivity index (χ0) is 25.3. The summed E-state index contributed by atoms with van der Waals surface area (Å²) in [6.07, 6.45) is 1.69. The Hall–Kier alpha value is -3.96. The van der Waals surface area contributed by atoms with Gasteiger partial charge in [0.1, 0.15) is 6.61 Å². The topological polar surface area (TPSA) is 106 Å². The molecule has 11 heteroatoms. The summed E-state index contributed by atoms with van der Waals surface area (Å²) < 4.78 is 22.4. The second-order valence-corrected chi connectivity index (χ2v) is 8.51. The maximum atomic E-state index is 5.95. The highest BCUT2D eigenvalue weighted by atomic mass is 16.5. The van der Waals surface area contributed by atoms with Crippen LogP contribution in [0.1, 0.15) is 11.1 Å². The molecule has 0 saturated carbocycles. The Labute approximate surface area is 216 Å². The first-order valence-electron chi connectivity index (χ1n) is 12.3. The molecule has 0 spiro atoms. The lowest BCUT2D eigenvalue weighted by Gasteiger charge is -2.30. The maximum Gasteiger partial charge on any atom is 0.250 e. The lowest BCUT2D eigenvalue weighted by Crippen LogP contribution is -2.40. The van der Waals surface area contributed by atoms with Gasteiger partial charge in [-0.25, -0.2) is 5.43 Å². The third-order valence-corrected chi connectivity index (χ3v) is 6.00. The Morgan fingerprint density at radius 2 is 1.51 bits per heavy atom. The van der Waals surface area contributed by atoms with Crippen molar-refractivity contribution in [1.29, 1.82) is 0 Å². The van der Waals surface area contributed by atoms with Crippen molar-refractivity contribution in [3.05, 3.63) is 59.7 Å². The normalized spacial score (nSPS) is 16.1. The Balaban J connectivity index is 1.29. The van der Waals surface area contributed by atoms with Crippen molar-refractivity contribution in [3.63, 3.8) is 0 Å². The van der Waals surface area contributed by atoms with E-state index >= 15 is 0 Å². The molecule has 2 aliphatic heterocycles. The van der Waals surface area contributed by atoms with Gasteiger partial charge < -0.3 is 28.7 Å². The molecule has 2 aliphatic rings. The smallest absolute Gasteiger partial charge is 0.250 e. The number of ether oxygens (including phenoxy) is 4. The molecule has 0 unspecified atom stereocenters. The summed E-state index contributed by atoms with van der Waals surface area (Å²) in [5.74, 6) is 2.89. The van der Waals surface area contributed by atoms with E-state index in [1.165, 1.54) is 0 Å². The number of hydrogen-bond acceptors (Lipinski definition) is 11. The lowest BCUT2D eigenvalue weighted by molar-refractivity contribution is 0.121. The number of hydrazone groups is 1. The Bertz CT molecular complexity index is 1150. The van der Waals surface area contributed by atoms with Gasteiger partial charge in [0.25, 0.3) is 0 Å². The molecule has 5 rings (SSSR count). The number of methoxy groups -OCH3 is 1. The molecule has 1 aromatic heterocycles. The molecule has 37 heavy (non-hydrogen) atoms. The summed E-state index contributed by atoms with van der Waals surface area (Å²) >= 11 is 0. The highest BCUT2D eigenvalue weighted by Crippen LogP contribution is 2.28. The van der Waals surface area contributed by atoms with Crippen LogP contribution < -0.4 is 24.7 Å². The summed E-state index contributed by atoms with van der Waals surface area (Å²) in [6.45, 7) is 5.96. The number of hydrogen-bond donors (Lipinski definition) is 1. The molecule has 2 saturated heterocycles. The predicted molar refractivity (Wildman–Crippen MR) is 141 cm³/mol. The van der Waals surface area contributed by atoms with Crippen LogP contribution in [0.4, 0.5) is 17.8 Å². The van der Waals surface area contributed by atoms with E-state index in [1.807, 2.05) is 48.5 Å². The van der Waals surface area contributed by atoms with E-state index in [2.05, 4.69) is 30.3 Å². The summed E-state index contributed by atoms with van der Waals surface area (Å²) in [7, 11) is 1.62. The van der Waals surface area contributed by atoms with Crippen LogP contribution in [-0.4, -0.2) is 80.9 Å². The molecule has 0 atom stereocenters. The quantitative estimate of drug-likeness (QED) is 0.344. The monoisotopic (exact) mass is 505 g/mol. The summed E-state index contributed by atoms with van der Waals surface area (Å²) in [4.78, 5) is 18.1. The van der Waals surface area contributed by atoms with E-state index in [0.29, 0.717) is 62.4 Å². The van der Waals surface area contributed by atoms with E-state index in [-0.39, 0.29) is 0 Å². The number of morpholine rings is 2. The van der Waals surface area contributed by atoms with Crippen LogP contribution in [0.2, 0.25) is 0 Å². The van der Waals surface area contributed by atoms with Gasteiger partial charge in [-0.1, -0.05) is 30.3 Å². The van der Waals surface area contributed by atoms with Gasteiger partial charge in [0, 0.05) is 26.2 Å². The van der Waals surface area contributed by atoms with Crippen LogP contribution in [0.25, 0.3) is 0 Å². The highest BCUT2D eigenvalue weighted by Gasteiger charge is 2.20. The number of nitrogens with zero attached hydrogens (tertiary/aromatic N) is 6. The van der Waals surface area contributed by atoms with Gasteiger partial charge in [0.15, 0.2) is 11.5 Å². The van der Waals surface area contributed by atoms with E-state index < -0.39 is 0 Å². The van der Waals surface area contributed by atoms with Crippen molar-refractivity contribution >= 4 is 24.1 Å². The van der Waals surface area contributed by atoms with Gasteiger partial charge in [-0.3, -0.25) is 0 Å². The van der Waals surface area contributed by atoms with E-state index in [1.54, 1.807) is 13.3 Å². The van der Waals surface area contributed by atoms with Crippen molar-refractivity contribution in [2.45, 2.75) is 6.61 Å². The molecule has 0 amide bonds. The third kappa shape index (κ3) is 6.63. The third-order valence-electron chi connectivity index (χ3n) is 6.00. The molecule has 0 aliphatic carbocycles. The fraction of sp³-hybridized carbons (Fsp3) is 0.385. The number of anilines is 3. The first kappa shape index (κ1) is 24.7. The predicted octanol–water partition coefficient (Wildman–Crippen LogP) is 2.58. The second kappa shape index (κ2) is 12.3. The first-order valence-corrected chi connectivity index (χ1v) is 12.3. The largest absolute Gasteiger partial charge is 0.493 e. The average molecular weight is 506 g/mol. The van der Waals surface area contributed by atoms with Crippen LogP contribution in [0, 0.1) is 0 Å². The molecular weight excluding hydrogens is 474 g/mol. The average Bonchev–Trinajstić information content (AvgIpc) is 2.97. The molecule has 11 nitrogen and oxygen atoms in total. The van der Waals surface area contributed by atoms with Crippen molar-refractivity contribution in [2.75, 3.05) is 74.9 Å². The van der Waals surface area contributed by atoms with Gasteiger partial charge in [0.2, 0.25) is 17.8 Å². The summed E-state index contributed by atoms with van der Waals surface area (Å²) in [6, 6.07) is 15.7. The maximum absolute atomic E-state index is 5.95. The van der Waals surface area contributed by atoms with Crippen molar-refractivity contribution in [1.82, 2.24) is 15.0 Å². The lowest BCUT2D eigenvalue weighted by atomic mass is 10.2. The molecule has 3 heterocycles. The number of aromatic nitrogens is 3. The van der Waals surface area contributed by atoms with E-state index in [4.69, 9.17) is 23.9 Å².